The molecule has 1 aromatic rings. The summed E-state index contributed by atoms with van der Waals surface area (Å²) in [6, 6.07) is 2.98. The molecule has 0 aromatic carbocycles. The summed E-state index contributed by atoms with van der Waals surface area (Å²) in [4.78, 5) is 10.7. The molecule has 1 heterocycles. The van der Waals surface area contributed by atoms with E-state index >= 15 is 0 Å². The third-order valence-electron chi connectivity index (χ3n) is 3.89. The molecule has 0 unspecified atom stereocenters. The molecule has 1 aromatic heterocycles. The minimum absolute atomic E-state index is 0.0877. The van der Waals surface area contributed by atoms with E-state index in [1.54, 1.807) is 6.07 Å². The Hall–Kier alpha value is -2.21. The van der Waals surface area contributed by atoms with Gasteiger partial charge in [-0.1, -0.05) is 31.4 Å². The van der Waals surface area contributed by atoms with Crippen molar-refractivity contribution < 1.29 is 14.3 Å². The highest BCUT2D eigenvalue weighted by atomic mass is 16.4. The van der Waals surface area contributed by atoms with Crippen LogP contribution in [0.2, 0.25) is 0 Å². The van der Waals surface area contributed by atoms with Crippen LogP contribution in [0.5, 0.6) is 0 Å². The first-order valence-electron chi connectivity index (χ1n) is 7.11. The van der Waals surface area contributed by atoms with E-state index in [4.69, 9.17) is 9.52 Å². The van der Waals surface area contributed by atoms with Gasteiger partial charge in [-0.15, -0.1) is 0 Å². The first kappa shape index (κ1) is 15.2. The number of rotatable bonds is 2. The van der Waals surface area contributed by atoms with Crippen molar-refractivity contribution in [3.63, 3.8) is 0 Å². The van der Waals surface area contributed by atoms with Crippen LogP contribution in [-0.2, 0) is 0 Å². The maximum absolute atomic E-state index is 10.7. The summed E-state index contributed by atoms with van der Waals surface area (Å²) in [7, 11) is 0. The van der Waals surface area contributed by atoms with Gasteiger partial charge in [0.15, 0.2) is 5.76 Å². The molecule has 1 aliphatic carbocycles. The molecule has 1 aliphatic rings. The molecule has 3 heteroatoms. The fourth-order valence-corrected chi connectivity index (χ4v) is 2.77. The summed E-state index contributed by atoms with van der Waals surface area (Å²) in [6.07, 6.45) is 7.47. The molecule has 0 amide bonds. The fraction of sp³-hybridized carbons (Fsp3) is 0.389. The van der Waals surface area contributed by atoms with Crippen molar-refractivity contribution in [2.45, 2.75) is 40.0 Å². The van der Waals surface area contributed by atoms with E-state index in [1.165, 1.54) is 30.1 Å². The van der Waals surface area contributed by atoms with Crippen LogP contribution in [0.4, 0.5) is 0 Å². The molecular weight excluding hydrogens is 264 g/mol. The molecule has 0 spiro atoms. The molecular formula is C18H20O3. The number of furan rings is 1. The van der Waals surface area contributed by atoms with Crippen molar-refractivity contribution in [3.05, 3.63) is 47.0 Å². The molecule has 110 valence electrons. The van der Waals surface area contributed by atoms with Crippen LogP contribution < -0.4 is 0 Å². The molecule has 0 radical (unpaired) electrons. The summed E-state index contributed by atoms with van der Waals surface area (Å²) in [5.41, 5.74) is 2.98. The highest BCUT2D eigenvalue weighted by molar-refractivity contribution is 5.84. The SMILES string of the molecule is CC1=C(C=CC#Cc2ccc(C(=O)O)o2)C(C)(C)CCC1. The lowest BCUT2D eigenvalue weighted by atomic mass is 9.73. The molecule has 0 fully saturated rings. The van der Waals surface area contributed by atoms with Crippen molar-refractivity contribution in [2.75, 3.05) is 0 Å². The zero-order valence-corrected chi connectivity index (χ0v) is 12.7. The Bertz CT molecular complexity index is 660. The summed E-state index contributed by atoms with van der Waals surface area (Å²) in [6.45, 7) is 6.70. The van der Waals surface area contributed by atoms with Crippen molar-refractivity contribution in [1.29, 1.82) is 0 Å². The molecule has 2 rings (SSSR count). The van der Waals surface area contributed by atoms with Gasteiger partial charge in [0.25, 0.3) is 0 Å². The van der Waals surface area contributed by atoms with E-state index in [-0.39, 0.29) is 11.2 Å². The minimum atomic E-state index is -1.08. The highest BCUT2D eigenvalue weighted by Gasteiger charge is 2.26. The fourth-order valence-electron chi connectivity index (χ4n) is 2.77. The highest BCUT2D eigenvalue weighted by Crippen LogP contribution is 2.40. The van der Waals surface area contributed by atoms with Crippen LogP contribution in [0.25, 0.3) is 0 Å². The second-order valence-electron chi connectivity index (χ2n) is 6.00. The maximum atomic E-state index is 10.7. The van der Waals surface area contributed by atoms with Gasteiger partial charge in [0.2, 0.25) is 5.76 Å². The van der Waals surface area contributed by atoms with Crippen LogP contribution in [0.3, 0.4) is 0 Å². The quantitative estimate of drug-likeness (QED) is 0.818. The number of allylic oxidation sites excluding steroid dienone is 4. The van der Waals surface area contributed by atoms with Gasteiger partial charge in [-0.3, -0.25) is 0 Å². The predicted molar refractivity (Wildman–Crippen MR) is 82.0 cm³/mol. The Kier molecular flexibility index (Phi) is 4.37. The van der Waals surface area contributed by atoms with E-state index in [2.05, 4.69) is 38.7 Å². The number of aromatic carboxylic acids is 1. The molecule has 0 saturated carbocycles. The summed E-state index contributed by atoms with van der Waals surface area (Å²) in [5.74, 6) is 4.92. The lowest BCUT2D eigenvalue weighted by Crippen LogP contribution is -2.18. The standard InChI is InChI=1S/C18H20O3/c1-13-7-6-12-18(2,3)15(13)9-5-4-8-14-10-11-16(21-14)17(19)20/h5,9-11H,6-7,12H2,1-3H3,(H,19,20). The van der Waals surface area contributed by atoms with Crippen molar-refractivity contribution in [1.82, 2.24) is 0 Å². The van der Waals surface area contributed by atoms with E-state index < -0.39 is 5.97 Å². The summed E-state index contributed by atoms with van der Waals surface area (Å²) < 4.78 is 5.08. The number of hydrogen-bond acceptors (Lipinski definition) is 2. The van der Waals surface area contributed by atoms with Crippen LogP contribution in [-0.4, -0.2) is 11.1 Å². The average Bonchev–Trinajstić information content (AvgIpc) is 2.85. The van der Waals surface area contributed by atoms with Gasteiger partial charge in [-0.2, -0.15) is 0 Å². The Morgan fingerprint density at radius 1 is 1.43 bits per heavy atom. The Morgan fingerprint density at radius 2 is 2.19 bits per heavy atom. The van der Waals surface area contributed by atoms with Gasteiger partial charge >= 0.3 is 5.97 Å². The number of carboxylic acids is 1. The topological polar surface area (TPSA) is 50.4 Å². The zero-order valence-electron chi connectivity index (χ0n) is 12.7. The third-order valence-corrected chi connectivity index (χ3v) is 3.89. The maximum Gasteiger partial charge on any atom is 0.371 e. The minimum Gasteiger partial charge on any atom is -0.475 e. The molecule has 0 saturated heterocycles. The predicted octanol–water partition coefficient (Wildman–Crippen LogP) is 4.41. The van der Waals surface area contributed by atoms with Crippen LogP contribution in [0, 0.1) is 17.3 Å². The van der Waals surface area contributed by atoms with Crippen LogP contribution in [0.1, 0.15) is 56.3 Å². The monoisotopic (exact) mass is 284 g/mol. The smallest absolute Gasteiger partial charge is 0.371 e. The first-order valence-corrected chi connectivity index (χ1v) is 7.11. The number of carbonyl (C=O) groups is 1. The molecule has 3 nitrogen and oxygen atoms in total. The van der Waals surface area contributed by atoms with E-state index in [0.717, 1.165) is 6.42 Å². The van der Waals surface area contributed by atoms with E-state index in [1.807, 2.05) is 6.08 Å². The molecule has 21 heavy (non-hydrogen) atoms. The number of hydrogen-bond donors (Lipinski definition) is 1. The third kappa shape index (κ3) is 3.66. The van der Waals surface area contributed by atoms with Gasteiger partial charge in [0.05, 0.1) is 0 Å². The van der Waals surface area contributed by atoms with Gasteiger partial charge in [0, 0.05) is 0 Å². The molecule has 0 aliphatic heterocycles. The zero-order chi connectivity index (χ0) is 15.5. The second-order valence-corrected chi connectivity index (χ2v) is 6.00. The Balaban J connectivity index is 2.12. The van der Waals surface area contributed by atoms with Crippen molar-refractivity contribution in [2.24, 2.45) is 5.41 Å². The average molecular weight is 284 g/mol. The molecule has 0 bridgehead atoms. The molecule has 0 atom stereocenters. The van der Waals surface area contributed by atoms with E-state index in [0.29, 0.717) is 5.76 Å². The lowest BCUT2D eigenvalue weighted by molar-refractivity contribution is 0.0662. The van der Waals surface area contributed by atoms with Crippen LogP contribution >= 0.6 is 0 Å². The Labute approximate surface area is 125 Å². The van der Waals surface area contributed by atoms with E-state index in [9.17, 15) is 4.79 Å². The van der Waals surface area contributed by atoms with Crippen LogP contribution in [0.15, 0.2) is 39.8 Å². The Morgan fingerprint density at radius 3 is 2.81 bits per heavy atom. The largest absolute Gasteiger partial charge is 0.475 e. The lowest BCUT2D eigenvalue weighted by Gasteiger charge is -2.32. The number of carboxylic acid groups (broad SMARTS) is 1. The van der Waals surface area contributed by atoms with Gasteiger partial charge in [0.1, 0.15) is 0 Å². The summed E-state index contributed by atoms with van der Waals surface area (Å²) >= 11 is 0. The molecule has 1 N–H and O–H groups in total. The van der Waals surface area contributed by atoms with Crippen molar-refractivity contribution in [3.8, 4) is 11.8 Å². The normalized spacial score (nSPS) is 17.7. The van der Waals surface area contributed by atoms with Gasteiger partial charge in [-0.05, 0) is 61.3 Å². The summed E-state index contributed by atoms with van der Waals surface area (Å²) in [5, 5.41) is 8.76. The first-order chi connectivity index (χ1) is 9.90. The van der Waals surface area contributed by atoms with Gasteiger partial charge in [-0.25, -0.2) is 4.79 Å². The van der Waals surface area contributed by atoms with Crippen molar-refractivity contribution >= 4 is 5.97 Å². The second kappa shape index (κ2) is 6.05. The van der Waals surface area contributed by atoms with Gasteiger partial charge < -0.3 is 9.52 Å².